The Bertz CT molecular complexity index is 1070. The summed E-state index contributed by atoms with van der Waals surface area (Å²) >= 11 is 0. The van der Waals surface area contributed by atoms with Gasteiger partial charge in [-0.15, -0.1) is 0 Å². The van der Waals surface area contributed by atoms with Crippen LogP contribution in [0.2, 0.25) is 0 Å². The summed E-state index contributed by atoms with van der Waals surface area (Å²) in [5.41, 5.74) is -0.353. The van der Waals surface area contributed by atoms with Gasteiger partial charge in [-0.05, 0) is 50.3 Å². The molecule has 2 heterocycles. The van der Waals surface area contributed by atoms with Crippen molar-refractivity contribution in [2.75, 3.05) is 13.2 Å². The van der Waals surface area contributed by atoms with E-state index in [1.807, 2.05) is 12.2 Å². The molecular formula is C25H23F5O4. The minimum absolute atomic E-state index is 0.0993. The molecule has 0 unspecified atom stereocenters. The summed E-state index contributed by atoms with van der Waals surface area (Å²) in [5, 5.41) is 0. The van der Waals surface area contributed by atoms with Gasteiger partial charge in [0.15, 0.2) is 23.3 Å². The van der Waals surface area contributed by atoms with Crippen LogP contribution >= 0.6 is 0 Å². The highest BCUT2D eigenvalue weighted by Crippen LogP contribution is 2.28. The first-order chi connectivity index (χ1) is 16.3. The van der Waals surface area contributed by atoms with Gasteiger partial charge in [0.1, 0.15) is 23.7 Å². The lowest BCUT2D eigenvalue weighted by Crippen LogP contribution is -2.13. The Labute approximate surface area is 193 Å². The third-order valence-electron chi connectivity index (χ3n) is 5.11. The van der Waals surface area contributed by atoms with Gasteiger partial charge in [-0.3, -0.25) is 0 Å². The average molecular weight is 482 g/mol. The van der Waals surface area contributed by atoms with Gasteiger partial charge in [0.2, 0.25) is 5.82 Å². The number of hydrogen-bond acceptors (Lipinski definition) is 4. The second-order valence-corrected chi connectivity index (χ2v) is 7.64. The van der Waals surface area contributed by atoms with Gasteiger partial charge in [-0.25, -0.2) is 26.7 Å². The van der Waals surface area contributed by atoms with Crippen LogP contribution in [0.5, 0.6) is 11.5 Å². The molecule has 9 heteroatoms. The van der Waals surface area contributed by atoms with Crippen LogP contribution in [0.3, 0.4) is 0 Å². The van der Waals surface area contributed by atoms with Crippen molar-refractivity contribution in [3.8, 4) is 11.5 Å². The van der Waals surface area contributed by atoms with Crippen molar-refractivity contribution >= 4 is 5.97 Å². The fourth-order valence-corrected chi connectivity index (χ4v) is 3.24. The molecule has 182 valence electrons. The maximum atomic E-state index is 13.9. The molecule has 2 bridgehead atoms. The van der Waals surface area contributed by atoms with Crippen molar-refractivity contribution in [3.05, 3.63) is 82.7 Å². The molecule has 0 spiro atoms. The molecule has 0 N–H and O–H groups in total. The number of esters is 1. The number of carbonyl (C=O) groups excluding carboxylic acids is 1. The Morgan fingerprint density at radius 1 is 0.912 bits per heavy atom. The van der Waals surface area contributed by atoms with E-state index in [0.717, 1.165) is 24.8 Å². The van der Waals surface area contributed by atoms with Crippen LogP contribution in [0.1, 0.15) is 48.0 Å². The van der Waals surface area contributed by atoms with Crippen LogP contribution in [0.15, 0.2) is 42.5 Å². The number of ether oxygens (including phenoxy) is 3. The van der Waals surface area contributed by atoms with Crippen molar-refractivity contribution in [2.45, 2.75) is 38.7 Å². The maximum absolute atomic E-state index is 13.9. The summed E-state index contributed by atoms with van der Waals surface area (Å²) in [7, 11) is 0. The largest absolute Gasteiger partial charge is 0.494 e. The fraction of sp³-hybridized carbons (Fsp3) is 0.320. The van der Waals surface area contributed by atoms with E-state index in [4.69, 9.17) is 14.2 Å². The number of rotatable bonds is 3. The predicted octanol–water partition coefficient (Wildman–Crippen LogP) is 6.57. The zero-order valence-electron chi connectivity index (χ0n) is 18.3. The van der Waals surface area contributed by atoms with Crippen LogP contribution in [0.25, 0.3) is 0 Å². The van der Waals surface area contributed by atoms with E-state index >= 15 is 0 Å². The molecule has 4 nitrogen and oxygen atoms in total. The van der Waals surface area contributed by atoms with E-state index in [0.29, 0.717) is 25.2 Å². The Balaban J connectivity index is 1.79. The molecule has 0 saturated carbocycles. The summed E-state index contributed by atoms with van der Waals surface area (Å²) in [4.78, 5) is 12.7. The predicted molar refractivity (Wildman–Crippen MR) is 114 cm³/mol. The molecule has 34 heavy (non-hydrogen) atoms. The Hall–Kier alpha value is -3.36. The highest BCUT2D eigenvalue weighted by molar-refractivity contribution is 5.93. The number of benzene rings is 2. The van der Waals surface area contributed by atoms with Crippen LogP contribution in [0.4, 0.5) is 22.0 Å². The molecule has 2 aromatic rings. The molecule has 4 rings (SSSR count). The zero-order valence-corrected chi connectivity index (χ0v) is 18.3. The molecule has 0 amide bonds. The Kier molecular flexibility index (Phi) is 8.67. The average Bonchev–Trinajstić information content (AvgIpc) is 2.83. The van der Waals surface area contributed by atoms with Gasteiger partial charge >= 0.3 is 5.97 Å². The molecule has 0 saturated heterocycles. The van der Waals surface area contributed by atoms with Crippen LogP contribution in [0, 0.1) is 29.1 Å². The summed E-state index contributed by atoms with van der Waals surface area (Å²) in [6, 6.07) is 4.44. The van der Waals surface area contributed by atoms with Gasteiger partial charge in [0.05, 0.1) is 18.8 Å². The number of fused-ring (bicyclic) bond motifs is 12. The van der Waals surface area contributed by atoms with E-state index in [-0.39, 0.29) is 17.9 Å². The molecule has 2 aliphatic rings. The molecule has 2 aromatic carbocycles. The molecule has 0 atom stereocenters. The van der Waals surface area contributed by atoms with E-state index in [2.05, 4.69) is 6.58 Å². The molecule has 0 aromatic heterocycles. The Morgan fingerprint density at radius 3 is 2.32 bits per heavy atom. The zero-order chi connectivity index (χ0) is 24.7. The number of carbonyl (C=O) groups is 1. The number of halogens is 5. The van der Waals surface area contributed by atoms with Crippen molar-refractivity contribution in [1.82, 2.24) is 0 Å². The van der Waals surface area contributed by atoms with Crippen molar-refractivity contribution in [2.24, 2.45) is 0 Å². The molecule has 2 aliphatic heterocycles. The quantitative estimate of drug-likeness (QED) is 0.215. The molecule has 0 aliphatic carbocycles. The fourth-order valence-electron chi connectivity index (χ4n) is 3.24. The maximum Gasteiger partial charge on any atom is 0.342 e. The van der Waals surface area contributed by atoms with Crippen molar-refractivity contribution in [3.63, 3.8) is 0 Å². The van der Waals surface area contributed by atoms with Gasteiger partial charge in [0, 0.05) is 0 Å². The third-order valence-corrected chi connectivity index (χ3v) is 5.11. The second-order valence-electron chi connectivity index (χ2n) is 7.64. The Morgan fingerprint density at radius 2 is 1.59 bits per heavy atom. The molecule has 0 fully saturated rings. The molecule has 0 radical (unpaired) electrons. The van der Waals surface area contributed by atoms with E-state index in [1.165, 1.54) is 12.1 Å². The highest BCUT2D eigenvalue weighted by atomic mass is 19.2. The monoisotopic (exact) mass is 482 g/mol. The van der Waals surface area contributed by atoms with Crippen molar-refractivity contribution < 1.29 is 41.0 Å². The lowest BCUT2D eigenvalue weighted by molar-refractivity contribution is 0.0456. The second kappa shape index (κ2) is 11.7. The first-order valence-corrected chi connectivity index (χ1v) is 10.7. The normalized spacial score (nSPS) is 16.0. The number of hydrogen-bond donors (Lipinski definition) is 0. The lowest BCUT2D eigenvalue weighted by Gasteiger charge is -2.14. The van der Waals surface area contributed by atoms with Crippen LogP contribution in [-0.4, -0.2) is 19.2 Å². The van der Waals surface area contributed by atoms with Gasteiger partial charge in [0.25, 0.3) is 0 Å². The third kappa shape index (κ3) is 6.15. The van der Waals surface area contributed by atoms with E-state index in [9.17, 15) is 26.7 Å². The SMILES string of the molecule is C=C1/C=C\CCCOc2ccc(c(C(=O)OCc3c(F)c(F)c(F)c(F)c3F)c2)OCCCC1. The summed E-state index contributed by atoms with van der Waals surface area (Å²) < 4.78 is 84.1. The summed E-state index contributed by atoms with van der Waals surface area (Å²) in [5.74, 6) is -11.2. The molecular weight excluding hydrogens is 459 g/mol. The minimum atomic E-state index is -2.29. The summed E-state index contributed by atoms with van der Waals surface area (Å²) in [6.07, 6.45) is 7.75. The first-order valence-electron chi connectivity index (χ1n) is 10.7. The topological polar surface area (TPSA) is 44.8 Å². The van der Waals surface area contributed by atoms with E-state index < -0.39 is 47.2 Å². The standard InChI is InChI=1S/C25H23F5O4/c1-15-7-3-2-5-11-32-16-9-10-19(33-12-6-4-8-15)17(13-16)25(31)34-14-18-20(26)22(28)24(30)23(29)21(18)27/h3,7,9-10,13H,1-2,4-6,8,11-12,14H2/b7-3-. The van der Waals surface area contributed by atoms with Crippen LogP contribution < -0.4 is 9.47 Å². The minimum Gasteiger partial charge on any atom is -0.494 e. The summed E-state index contributed by atoms with van der Waals surface area (Å²) in [6.45, 7) is 3.46. The lowest BCUT2D eigenvalue weighted by atomic mass is 10.1. The van der Waals surface area contributed by atoms with E-state index in [1.54, 1.807) is 6.07 Å². The first kappa shape index (κ1) is 25.3. The van der Waals surface area contributed by atoms with Gasteiger partial charge in [-0.1, -0.05) is 24.3 Å². The van der Waals surface area contributed by atoms with Crippen LogP contribution in [-0.2, 0) is 11.3 Å². The highest BCUT2D eigenvalue weighted by Gasteiger charge is 2.27. The van der Waals surface area contributed by atoms with Gasteiger partial charge in [-0.2, -0.15) is 0 Å². The smallest absolute Gasteiger partial charge is 0.342 e. The number of allylic oxidation sites excluding steroid dienone is 3. The van der Waals surface area contributed by atoms with Crippen molar-refractivity contribution in [1.29, 1.82) is 0 Å². The van der Waals surface area contributed by atoms with Gasteiger partial charge < -0.3 is 14.2 Å².